The molecule has 0 saturated heterocycles. The Labute approximate surface area is 143 Å². The van der Waals surface area contributed by atoms with Crippen LogP contribution in [-0.4, -0.2) is 11.6 Å². The maximum absolute atomic E-state index is 12.9. The molecule has 0 heterocycles. The van der Waals surface area contributed by atoms with Crippen LogP contribution in [0, 0.1) is 0 Å². The molecule has 106 valence electrons. The van der Waals surface area contributed by atoms with Crippen molar-refractivity contribution in [1.29, 1.82) is 0 Å². The van der Waals surface area contributed by atoms with Gasteiger partial charge in [0.05, 0.1) is 0 Å². The van der Waals surface area contributed by atoms with E-state index in [9.17, 15) is 9.59 Å². The van der Waals surface area contributed by atoms with Crippen molar-refractivity contribution in [2.24, 2.45) is 0 Å². The maximum Gasteiger partial charge on any atom is 0.195 e. The molecule has 1 aliphatic carbocycles. The van der Waals surface area contributed by atoms with Gasteiger partial charge < -0.3 is 0 Å². The normalized spacial score (nSPS) is 13.2. The number of halogens is 2. The SMILES string of the molecule is O=C1c2cc(Br)ccc2C(=O)c2c1ccc1cccc(Br)c21. The van der Waals surface area contributed by atoms with E-state index in [0.717, 1.165) is 19.7 Å². The quantitative estimate of drug-likeness (QED) is 0.398. The highest BCUT2D eigenvalue weighted by Gasteiger charge is 2.31. The van der Waals surface area contributed by atoms with Gasteiger partial charge in [-0.05, 0) is 35.7 Å². The van der Waals surface area contributed by atoms with Gasteiger partial charge in [0, 0.05) is 36.6 Å². The average Bonchev–Trinajstić information content (AvgIpc) is 2.52. The number of hydrogen-bond donors (Lipinski definition) is 0. The summed E-state index contributed by atoms with van der Waals surface area (Å²) in [6.45, 7) is 0. The van der Waals surface area contributed by atoms with Crippen molar-refractivity contribution in [2.75, 3.05) is 0 Å². The van der Waals surface area contributed by atoms with Crippen molar-refractivity contribution in [1.82, 2.24) is 0 Å². The predicted octanol–water partition coefficient (Wildman–Crippen LogP) is 5.14. The number of carbonyl (C=O) groups is 2. The summed E-state index contributed by atoms with van der Waals surface area (Å²) in [6.07, 6.45) is 0. The summed E-state index contributed by atoms with van der Waals surface area (Å²) in [7, 11) is 0. The van der Waals surface area contributed by atoms with Gasteiger partial charge in [-0.15, -0.1) is 0 Å². The van der Waals surface area contributed by atoms with Crippen LogP contribution in [0.3, 0.4) is 0 Å². The summed E-state index contributed by atoms with van der Waals surface area (Å²) < 4.78 is 1.61. The topological polar surface area (TPSA) is 34.1 Å². The maximum atomic E-state index is 12.9. The minimum Gasteiger partial charge on any atom is -0.289 e. The zero-order valence-corrected chi connectivity index (χ0v) is 14.4. The van der Waals surface area contributed by atoms with E-state index in [0.29, 0.717) is 22.3 Å². The largest absolute Gasteiger partial charge is 0.289 e. The lowest BCUT2D eigenvalue weighted by Crippen LogP contribution is -2.21. The Hall–Kier alpha value is -1.78. The van der Waals surface area contributed by atoms with Gasteiger partial charge >= 0.3 is 0 Å². The zero-order valence-electron chi connectivity index (χ0n) is 11.2. The molecule has 4 heteroatoms. The van der Waals surface area contributed by atoms with Crippen molar-refractivity contribution < 1.29 is 9.59 Å². The molecule has 0 atom stereocenters. The lowest BCUT2D eigenvalue weighted by molar-refractivity contribution is 0.0980. The third-order valence-corrected chi connectivity index (χ3v) is 5.09. The molecule has 0 radical (unpaired) electrons. The molecular formula is C18H8Br2O2. The van der Waals surface area contributed by atoms with Crippen LogP contribution < -0.4 is 0 Å². The number of hydrogen-bond acceptors (Lipinski definition) is 2. The fourth-order valence-electron chi connectivity index (χ4n) is 2.94. The Kier molecular flexibility index (Phi) is 3.06. The van der Waals surface area contributed by atoms with Crippen LogP contribution in [0.1, 0.15) is 31.8 Å². The predicted molar refractivity (Wildman–Crippen MR) is 92.7 cm³/mol. The molecule has 0 unspecified atom stereocenters. The van der Waals surface area contributed by atoms with E-state index in [4.69, 9.17) is 0 Å². The molecule has 0 bridgehead atoms. The van der Waals surface area contributed by atoms with E-state index in [1.807, 2.05) is 24.3 Å². The summed E-state index contributed by atoms with van der Waals surface area (Å²) in [5.41, 5.74) is 1.88. The van der Waals surface area contributed by atoms with Crippen molar-refractivity contribution >= 4 is 54.2 Å². The molecular weight excluding hydrogens is 408 g/mol. The fraction of sp³-hybridized carbons (Fsp3) is 0. The number of fused-ring (bicyclic) bond motifs is 4. The van der Waals surface area contributed by atoms with Gasteiger partial charge in [-0.1, -0.05) is 50.1 Å². The monoisotopic (exact) mass is 414 g/mol. The van der Waals surface area contributed by atoms with Crippen LogP contribution in [0.4, 0.5) is 0 Å². The summed E-state index contributed by atoms with van der Waals surface area (Å²) in [4.78, 5) is 25.7. The molecule has 4 rings (SSSR count). The first-order valence-corrected chi connectivity index (χ1v) is 8.26. The number of ketones is 2. The van der Waals surface area contributed by atoms with Gasteiger partial charge in [0.2, 0.25) is 0 Å². The molecule has 22 heavy (non-hydrogen) atoms. The molecule has 3 aromatic rings. The van der Waals surface area contributed by atoms with Gasteiger partial charge in [-0.2, -0.15) is 0 Å². The molecule has 0 amide bonds. The molecule has 0 aromatic heterocycles. The molecule has 3 aromatic carbocycles. The molecule has 1 aliphatic rings. The van der Waals surface area contributed by atoms with Gasteiger partial charge in [-0.3, -0.25) is 9.59 Å². The second kappa shape index (κ2) is 4.86. The third-order valence-electron chi connectivity index (χ3n) is 3.94. The van der Waals surface area contributed by atoms with Gasteiger partial charge in [0.15, 0.2) is 11.6 Å². The first-order valence-electron chi connectivity index (χ1n) is 6.68. The van der Waals surface area contributed by atoms with E-state index < -0.39 is 0 Å². The minimum absolute atomic E-state index is 0.102. The second-order valence-electron chi connectivity index (χ2n) is 5.17. The Morgan fingerprint density at radius 2 is 1.50 bits per heavy atom. The van der Waals surface area contributed by atoms with Gasteiger partial charge in [0.25, 0.3) is 0 Å². The fourth-order valence-corrected chi connectivity index (χ4v) is 3.88. The smallest absolute Gasteiger partial charge is 0.195 e. The molecule has 0 saturated carbocycles. The summed E-state index contributed by atoms with van der Waals surface area (Å²) in [5.74, 6) is -0.210. The first-order chi connectivity index (χ1) is 10.6. The molecule has 0 fully saturated rings. The van der Waals surface area contributed by atoms with Crippen LogP contribution in [0.5, 0.6) is 0 Å². The Morgan fingerprint density at radius 1 is 0.727 bits per heavy atom. The Morgan fingerprint density at radius 3 is 2.32 bits per heavy atom. The Bertz CT molecular complexity index is 990. The number of carbonyl (C=O) groups excluding carboxylic acids is 2. The van der Waals surface area contributed by atoms with Gasteiger partial charge in [0.1, 0.15) is 0 Å². The highest BCUT2D eigenvalue weighted by atomic mass is 79.9. The van der Waals surface area contributed by atoms with Crippen LogP contribution in [0.2, 0.25) is 0 Å². The van der Waals surface area contributed by atoms with E-state index in [2.05, 4.69) is 31.9 Å². The second-order valence-corrected chi connectivity index (χ2v) is 6.94. The van der Waals surface area contributed by atoms with E-state index in [1.54, 1.807) is 24.3 Å². The van der Waals surface area contributed by atoms with Crippen molar-refractivity contribution in [2.45, 2.75) is 0 Å². The standard InChI is InChI=1S/C18H8Br2O2/c19-10-5-7-11-13(8-10)17(21)12-6-4-9-2-1-3-14(20)15(9)16(12)18(11)22/h1-8H. The Balaban J connectivity index is 2.14. The molecule has 0 spiro atoms. The lowest BCUT2D eigenvalue weighted by atomic mass is 9.82. The minimum atomic E-state index is -0.108. The van der Waals surface area contributed by atoms with Crippen LogP contribution in [0.25, 0.3) is 10.8 Å². The number of benzene rings is 3. The average molecular weight is 416 g/mol. The van der Waals surface area contributed by atoms with E-state index in [-0.39, 0.29) is 11.6 Å². The highest BCUT2D eigenvalue weighted by Crippen LogP contribution is 2.36. The summed E-state index contributed by atoms with van der Waals surface area (Å²) in [5, 5.41) is 1.74. The van der Waals surface area contributed by atoms with E-state index >= 15 is 0 Å². The van der Waals surface area contributed by atoms with Crippen LogP contribution in [0.15, 0.2) is 57.5 Å². The van der Waals surface area contributed by atoms with Crippen LogP contribution >= 0.6 is 31.9 Å². The van der Waals surface area contributed by atoms with Crippen molar-refractivity contribution in [3.8, 4) is 0 Å². The zero-order chi connectivity index (χ0) is 15.4. The lowest BCUT2D eigenvalue weighted by Gasteiger charge is -2.20. The molecule has 0 N–H and O–H groups in total. The highest BCUT2D eigenvalue weighted by molar-refractivity contribution is 9.11. The molecule has 0 aliphatic heterocycles. The third kappa shape index (κ3) is 1.84. The number of rotatable bonds is 0. The van der Waals surface area contributed by atoms with Crippen molar-refractivity contribution in [3.05, 3.63) is 79.7 Å². The van der Waals surface area contributed by atoms with Gasteiger partial charge in [-0.25, -0.2) is 0 Å². The molecule has 2 nitrogen and oxygen atoms in total. The first kappa shape index (κ1) is 13.9. The summed E-state index contributed by atoms with van der Waals surface area (Å²) >= 11 is 6.86. The van der Waals surface area contributed by atoms with E-state index in [1.165, 1.54) is 0 Å². The van der Waals surface area contributed by atoms with Crippen LogP contribution in [-0.2, 0) is 0 Å². The van der Waals surface area contributed by atoms with Crippen molar-refractivity contribution in [3.63, 3.8) is 0 Å². The summed E-state index contributed by atoms with van der Waals surface area (Å²) in [6, 6.07) is 14.6.